The Labute approximate surface area is 83.8 Å². The predicted molar refractivity (Wildman–Crippen MR) is 55.0 cm³/mol. The predicted octanol–water partition coefficient (Wildman–Crippen LogP) is 1.50. The summed E-state index contributed by atoms with van der Waals surface area (Å²) in [7, 11) is 0. The van der Waals surface area contributed by atoms with Crippen LogP contribution in [0.3, 0.4) is 0 Å². The van der Waals surface area contributed by atoms with Crippen molar-refractivity contribution in [2.24, 2.45) is 5.92 Å². The molecule has 0 bridgehead atoms. The van der Waals surface area contributed by atoms with Gasteiger partial charge in [-0.2, -0.15) is 0 Å². The van der Waals surface area contributed by atoms with E-state index in [4.69, 9.17) is 0 Å². The van der Waals surface area contributed by atoms with E-state index >= 15 is 0 Å². The van der Waals surface area contributed by atoms with Crippen LogP contribution in [0.2, 0.25) is 0 Å². The van der Waals surface area contributed by atoms with E-state index in [1.807, 2.05) is 13.8 Å². The molecule has 1 N–H and O–H groups in total. The number of anilines is 1. The van der Waals surface area contributed by atoms with Crippen molar-refractivity contribution in [3.05, 3.63) is 18.6 Å². The number of hydrogen-bond acceptors (Lipinski definition) is 4. The van der Waals surface area contributed by atoms with Crippen molar-refractivity contribution in [1.82, 2.24) is 9.97 Å². The normalized spacial score (nSPS) is 12.6. The van der Waals surface area contributed by atoms with Crippen LogP contribution in [0.15, 0.2) is 18.6 Å². The fourth-order valence-corrected chi connectivity index (χ4v) is 1.27. The second kappa shape index (κ2) is 4.69. The lowest BCUT2D eigenvalue weighted by Gasteiger charge is -2.19. The highest BCUT2D eigenvalue weighted by Crippen LogP contribution is 2.09. The molecule has 0 aliphatic heterocycles. The first-order valence-electron chi connectivity index (χ1n) is 4.64. The molecule has 0 spiro atoms. The van der Waals surface area contributed by atoms with Crippen molar-refractivity contribution in [3.8, 4) is 0 Å². The average molecular weight is 193 g/mol. The molecule has 1 aromatic heterocycles. The van der Waals surface area contributed by atoms with Gasteiger partial charge < -0.3 is 5.32 Å². The molecule has 1 atom stereocenters. The Kier molecular flexibility index (Phi) is 3.56. The zero-order valence-electron chi connectivity index (χ0n) is 8.69. The van der Waals surface area contributed by atoms with Crippen molar-refractivity contribution in [3.63, 3.8) is 0 Å². The number of Topliss-reactive ketones (excluding diaryl/α,β-unsaturated/α-hetero) is 1. The maximum Gasteiger partial charge on any atom is 0.152 e. The lowest BCUT2D eigenvalue weighted by Crippen LogP contribution is -2.33. The first-order chi connectivity index (χ1) is 6.61. The Morgan fingerprint density at radius 1 is 1.50 bits per heavy atom. The second-order valence-corrected chi connectivity index (χ2v) is 3.57. The summed E-state index contributed by atoms with van der Waals surface area (Å²) < 4.78 is 0. The summed E-state index contributed by atoms with van der Waals surface area (Å²) in [6.07, 6.45) is 3.10. The summed E-state index contributed by atoms with van der Waals surface area (Å²) in [5.41, 5.74) is 0. The number of carbonyl (C=O) groups excluding carboxylic acids is 1. The van der Waals surface area contributed by atoms with E-state index < -0.39 is 0 Å². The lowest BCUT2D eigenvalue weighted by molar-refractivity contribution is -0.118. The van der Waals surface area contributed by atoms with Gasteiger partial charge in [0, 0.05) is 6.20 Å². The van der Waals surface area contributed by atoms with E-state index in [2.05, 4.69) is 15.3 Å². The van der Waals surface area contributed by atoms with Crippen LogP contribution >= 0.6 is 0 Å². The summed E-state index contributed by atoms with van der Waals surface area (Å²) in [6.45, 7) is 5.58. The highest BCUT2D eigenvalue weighted by Gasteiger charge is 2.17. The van der Waals surface area contributed by atoms with E-state index in [-0.39, 0.29) is 17.7 Å². The third-order valence-corrected chi connectivity index (χ3v) is 1.99. The Bertz CT molecular complexity index is 297. The molecule has 0 radical (unpaired) electrons. The van der Waals surface area contributed by atoms with E-state index in [0.717, 1.165) is 0 Å². The minimum Gasteiger partial charge on any atom is -0.360 e. The van der Waals surface area contributed by atoms with Crippen molar-refractivity contribution >= 4 is 11.6 Å². The summed E-state index contributed by atoms with van der Waals surface area (Å²) in [5.74, 6) is 1.06. The highest BCUT2D eigenvalue weighted by atomic mass is 16.1. The lowest BCUT2D eigenvalue weighted by atomic mass is 10.0. The van der Waals surface area contributed by atoms with Gasteiger partial charge in [-0.25, -0.2) is 9.97 Å². The molecule has 0 saturated carbocycles. The molecule has 1 unspecified atom stereocenters. The van der Waals surface area contributed by atoms with Crippen molar-refractivity contribution in [2.45, 2.75) is 26.8 Å². The van der Waals surface area contributed by atoms with Crippen LogP contribution in [-0.2, 0) is 4.79 Å². The van der Waals surface area contributed by atoms with Crippen LogP contribution in [0.1, 0.15) is 20.8 Å². The summed E-state index contributed by atoms with van der Waals surface area (Å²) in [6, 6.07) is 1.57. The molecule has 4 nitrogen and oxygen atoms in total. The van der Waals surface area contributed by atoms with Crippen molar-refractivity contribution < 1.29 is 4.79 Å². The Morgan fingerprint density at radius 3 is 2.64 bits per heavy atom. The fourth-order valence-electron chi connectivity index (χ4n) is 1.27. The number of nitrogens with zero attached hydrogens (tertiary/aromatic N) is 2. The molecule has 1 aromatic rings. The minimum atomic E-state index is -0.176. The molecule has 0 saturated heterocycles. The molecule has 1 heterocycles. The van der Waals surface area contributed by atoms with E-state index in [9.17, 15) is 4.79 Å². The molecule has 14 heavy (non-hydrogen) atoms. The maximum atomic E-state index is 11.3. The fraction of sp³-hybridized carbons (Fsp3) is 0.500. The van der Waals surface area contributed by atoms with E-state index in [1.165, 1.54) is 6.33 Å². The van der Waals surface area contributed by atoms with Crippen LogP contribution in [0.25, 0.3) is 0 Å². The van der Waals surface area contributed by atoms with Gasteiger partial charge in [-0.15, -0.1) is 0 Å². The van der Waals surface area contributed by atoms with Gasteiger partial charge in [0.05, 0.1) is 6.04 Å². The van der Waals surface area contributed by atoms with Crippen LogP contribution < -0.4 is 5.32 Å². The van der Waals surface area contributed by atoms with Gasteiger partial charge >= 0.3 is 0 Å². The summed E-state index contributed by atoms with van der Waals surface area (Å²) >= 11 is 0. The molecule has 4 heteroatoms. The maximum absolute atomic E-state index is 11.3. The first kappa shape index (κ1) is 10.6. The monoisotopic (exact) mass is 193 g/mol. The smallest absolute Gasteiger partial charge is 0.152 e. The zero-order chi connectivity index (χ0) is 10.6. The molecule has 76 valence electrons. The number of ketones is 1. The van der Waals surface area contributed by atoms with Crippen LogP contribution in [-0.4, -0.2) is 21.8 Å². The van der Waals surface area contributed by atoms with Gasteiger partial charge in [0.1, 0.15) is 12.1 Å². The number of hydrogen-bond donors (Lipinski definition) is 1. The topological polar surface area (TPSA) is 54.9 Å². The van der Waals surface area contributed by atoms with Gasteiger partial charge in [-0.1, -0.05) is 13.8 Å². The SMILES string of the molecule is CC(=O)C(Nc1ccncn1)C(C)C. The van der Waals surface area contributed by atoms with Gasteiger partial charge in [-0.05, 0) is 18.9 Å². The molecule has 0 fully saturated rings. The zero-order valence-corrected chi connectivity index (χ0v) is 8.69. The molecule has 0 aliphatic carbocycles. The molecular formula is C10H15N3O. The van der Waals surface area contributed by atoms with Gasteiger partial charge in [0.15, 0.2) is 5.78 Å². The Morgan fingerprint density at radius 2 is 2.21 bits per heavy atom. The molecule has 1 rings (SSSR count). The molecule has 0 amide bonds. The summed E-state index contributed by atoms with van der Waals surface area (Å²) in [5, 5.41) is 3.08. The van der Waals surface area contributed by atoms with E-state index in [1.54, 1.807) is 19.2 Å². The van der Waals surface area contributed by atoms with Crippen LogP contribution in [0.5, 0.6) is 0 Å². The van der Waals surface area contributed by atoms with Gasteiger partial charge in [-0.3, -0.25) is 4.79 Å². The summed E-state index contributed by atoms with van der Waals surface area (Å²) in [4.78, 5) is 19.1. The third kappa shape index (κ3) is 2.80. The van der Waals surface area contributed by atoms with Crippen molar-refractivity contribution in [2.75, 3.05) is 5.32 Å². The standard InChI is InChI=1S/C10H15N3O/c1-7(2)10(8(3)14)13-9-4-5-11-6-12-9/h4-7,10H,1-3H3,(H,11,12,13). The highest BCUT2D eigenvalue weighted by molar-refractivity contribution is 5.84. The van der Waals surface area contributed by atoms with Crippen molar-refractivity contribution in [1.29, 1.82) is 0 Å². The van der Waals surface area contributed by atoms with Crippen LogP contribution in [0, 0.1) is 5.92 Å². The average Bonchev–Trinajstić information content (AvgIpc) is 2.15. The molecule has 0 aliphatic rings. The minimum absolute atomic E-state index is 0.124. The third-order valence-electron chi connectivity index (χ3n) is 1.99. The van der Waals surface area contributed by atoms with Crippen LogP contribution in [0.4, 0.5) is 5.82 Å². The number of rotatable bonds is 4. The number of nitrogens with one attached hydrogen (secondary N) is 1. The molecule has 0 aromatic carbocycles. The second-order valence-electron chi connectivity index (χ2n) is 3.57. The quantitative estimate of drug-likeness (QED) is 0.787. The van der Waals surface area contributed by atoms with Gasteiger partial charge in [0.25, 0.3) is 0 Å². The largest absolute Gasteiger partial charge is 0.360 e. The number of carbonyl (C=O) groups is 1. The Hall–Kier alpha value is -1.45. The van der Waals surface area contributed by atoms with Gasteiger partial charge in [0.2, 0.25) is 0 Å². The molecular weight excluding hydrogens is 178 g/mol. The number of aromatic nitrogens is 2. The first-order valence-corrected chi connectivity index (χ1v) is 4.64. The van der Waals surface area contributed by atoms with E-state index in [0.29, 0.717) is 5.82 Å². The Balaban J connectivity index is 2.70.